The lowest BCUT2D eigenvalue weighted by atomic mass is 10.0. The molecule has 1 aromatic carbocycles. The van der Waals surface area contributed by atoms with Crippen LogP contribution in [0, 0.1) is 5.92 Å². The van der Waals surface area contributed by atoms with E-state index >= 15 is 0 Å². The standard InChI is InChI=1S/C20H29N3O4.ClH/c1-13(24)22-17-10-15(11-18(26-2)19(17)27-3)20(25)23-8-6-16(7-9-23)21-12-14-4-5-14;/h10-11,14,16,21H,4-9,12H2,1-3H3,(H,22,24);1H. The first-order valence-corrected chi connectivity index (χ1v) is 9.58. The van der Waals surface area contributed by atoms with Crippen LogP contribution in [0.1, 0.15) is 43.0 Å². The van der Waals surface area contributed by atoms with Crippen molar-refractivity contribution >= 4 is 29.9 Å². The Balaban J connectivity index is 0.00000280. The molecule has 2 N–H and O–H groups in total. The smallest absolute Gasteiger partial charge is 0.254 e. The summed E-state index contributed by atoms with van der Waals surface area (Å²) in [5, 5.41) is 6.34. The average molecular weight is 412 g/mol. The van der Waals surface area contributed by atoms with Crippen LogP contribution < -0.4 is 20.1 Å². The highest BCUT2D eigenvalue weighted by atomic mass is 35.5. The first kappa shape index (κ1) is 22.3. The van der Waals surface area contributed by atoms with Crippen molar-refractivity contribution in [1.29, 1.82) is 0 Å². The van der Waals surface area contributed by atoms with Crippen LogP contribution in [0.2, 0.25) is 0 Å². The molecule has 1 aliphatic carbocycles. The van der Waals surface area contributed by atoms with Gasteiger partial charge >= 0.3 is 0 Å². The van der Waals surface area contributed by atoms with Gasteiger partial charge in [-0.2, -0.15) is 0 Å². The van der Waals surface area contributed by atoms with Crippen molar-refractivity contribution < 1.29 is 19.1 Å². The van der Waals surface area contributed by atoms with Crippen LogP contribution in [0.5, 0.6) is 11.5 Å². The molecular weight excluding hydrogens is 382 g/mol. The monoisotopic (exact) mass is 411 g/mol. The Morgan fingerprint density at radius 2 is 1.79 bits per heavy atom. The number of anilines is 1. The van der Waals surface area contributed by atoms with Crippen LogP contribution in [-0.4, -0.2) is 56.6 Å². The van der Waals surface area contributed by atoms with Crippen LogP contribution in [0.25, 0.3) is 0 Å². The van der Waals surface area contributed by atoms with E-state index in [1.165, 1.54) is 34.0 Å². The van der Waals surface area contributed by atoms with Crippen LogP contribution in [-0.2, 0) is 4.79 Å². The predicted molar refractivity (Wildman–Crippen MR) is 111 cm³/mol. The Bertz CT molecular complexity index is 701. The van der Waals surface area contributed by atoms with E-state index in [-0.39, 0.29) is 24.2 Å². The number of carbonyl (C=O) groups is 2. The van der Waals surface area contributed by atoms with Crippen molar-refractivity contribution in [3.63, 3.8) is 0 Å². The minimum Gasteiger partial charge on any atom is -0.493 e. The van der Waals surface area contributed by atoms with Crippen molar-refractivity contribution in [3.8, 4) is 11.5 Å². The molecule has 1 heterocycles. The van der Waals surface area contributed by atoms with Gasteiger partial charge in [-0.3, -0.25) is 9.59 Å². The summed E-state index contributed by atoms with van der Waals surface area (Å²) in [6.45, 7) is 3.98. The highest BCUT2D eigenvalue weighted by molar-refractivity contribution is 5.99. The first-order valence-electron chi connectivity index (χ1n) is 9.58. The molecule has 0 atom stereocenters. The summed E-state index contributed by atoms with van der Waals surface area (Å²) >= 11 is 0. The van der Waals surface area contributed by atoms with E-state index in [4.69, 9.17) is 9.47 Å². The molecule has 1 aromatic rings. The minimum atomic E-state index is -0.234. The minimum absolute atomic E-state index is 0. The van der Waals surface area contributed by atoms with Gasteiger partial charge in [-0.05, 0) is 50.3 Å². The third-order valence-corrected chi connectivity index (χ3v) is 5.21. The Kier molecular flexibility index (Phi) is 7.95. The van der Waals surface area contributed by atoms with E-state index in [0.29, 0.717) is 28.8 Å². The largest absolute Gasteiger partial charge is 0.493 e. The van der Waals surface area contributed by atoms with E-state index < -0.39 is 0 Å². The molecule has 0 aromatic heterocycles. The predicted octanol–water partition coefficient (Wildman–Crippen LogP) is 2.69. The first-order chi connectivity index (χ1) is 13.0. The highest BCUT2D eigenvalue weighted by Crippen LogP contribution is 2.37. The number of methoxy groups -OCH3 is 2. The summed E-state index contributed by atoms with van der Waals surface area (Å²) < 4.78 is 10.7. The molecular formula is C20H30ClN3O4. The quantitative estimate of drug-likeness (QED) is 0.721. The summed E-state index contributed by atoms with van der Waals surface area (Å²) in [5.41, 5.74) is 0.925. The SMILES string of the molecule is COc1cc(C(=O)N2CCC(NCC3CC3)CC2)cc(NC(C)=O)c1OC.Cl. The molecule has 8 heteroatoms. The molecule has 7 nitrogen and oxygen atoms in total. The summed E-state index contributed by atoms with van der Waals surface area (Å²) in [6.07, 6.45) is 4.62. The van der Waals surface area contributed by atoms with Gasteiger partial charge in [0.05, 0.1) is 19.9 Å². The average Bonchev–Trinajstić information content (AvgIpc) is 3.49. The molecule has 0 radical (unpaired) electrons. The molecule has 28 heavy (non-hydrogen) atoms. The summed E-state index contributed by atoms with van der Waals surface area (Å²) in [5.74, 6) is 1.41. The number of ether oxygens (including phenoxy) is 2. The zero-order chi connectivity index (χ0) is 19.4. The number of rotatable bonds is 7. The molecule has 156 valence electrons. The molecule has 0 spiro atoms. The summed E-state index contributed by atoms with van der Waals surface area (Å²) in [6, 6.07) is 3.82. The van der Waals surface area contributed by atoms with Crippen LogP contribution in [0.4, 0.5) is 5.69 Å². The summed E-state index contributed by atoms with van der Waals surface area (Å²) in [7, 11) is 3.02. The number of piperidine rings is 1. The molecule has 1 saturated carbocycles. The number of nitrogens with zero attached hydrogens (tertiary/aromatic N) is 1. The van der Waals surface area contributed by atoms with E-state index in [9.17, 15) is 9.59 Å². The molecule has 0 bridgehead atoms. The van der Waals surface area contributed by atoms with Crippen LogP contribution >= 0.6 is 12.4 Å². The normalized spacial score (nSPS) is 16.9. The van der Waals surface area contributed by atoms with Gasteiger partial charge < -0.3 is 25.0 Å². The Hall–Kier alpha value is -1.99. The fourth-order valence-corrected chi connectivity index (χ4v) is 3.49. The van der Waals surface area contributed by atoms with Crippen molar-refractivity contribution in [1.82, 2.24) is 10.2 Å². The van der Waals surface area contributed by atoms with Crippen molar-refractivity contribution in [2.45, 2.75) is 38.6 Å². The Labute approximate surface area is 172 Å². The zero-order valence-corrected chi connectivity index (χ0v) is 17.6. The molecule has 2 amide bonds. The lowest BCUT2D eigenvalue weighted by Crippen LogP contribution is -2.45. The van der Waals surface area contributed by atoms with Gasteiger partial charge in [0, 0.05) is 31.6 Å². The number of amides is 2. The molecule has 0 unspecified atom stereocenters. The van der Waals surface area contributed by atoms with Gasteiger partial charge in [-0.25, -0.2) is 0 Å². The van der Waals surface area contributed by atoms with Gasteiger partial charge in [-0.1, -0.05) is 0 Å². The number of carbonyl (C=O) groups excluding carboxylic acids is 2. The number of hydrogen-bond acceptors (Lipinski definition) is 5. The lowest BCUT2D eigenvalue weighted by Gasteiger charge is -2.33. The maximum Gasteiger partial charge on any atom is 0.254 e. The van der Waals surface area contributed by atoms with Crippen molar-refractivity contribution in [2.24, 2.45) is 5.92 Å². The molecule has 3 rings (SSSR count). The highest BCUT2D eigenvalue weighted by Gasteiger charge is 2.27. The van der Waals surface area contributed by atoms with Gasteiger partial charge in [-0.15, -0.1) is 12.4 Å². The zero-order valence-electron chi connectivity index (χ0n) is 16.7. The Morgan fingerprint density at radius 3 is 2.32 bits per heavy atom. The van der Waals surface area contributed by atoms with Crippen molar-refractivity contribution in [2.75, 3.05) is 39.2 Å². The second kappa shape index (κ2) is 9.98. The van der Waals surface area contributed by atoms with Gasteiger partial charge in [0.1, 0.15) is 0 Å². The van der Waals surface area contributed by atoms with Crippen LogP contribution in [0.3, 0.4) is 0 Å². The topological polar surface area (TPSA) is 79.9 Å². The van der Waals surface area contributed by atoms with Gasteiger partial charge in [0.15, 0.2) is 11.5 Å². The molecule has 2 fully saturated rings. The number of likely N-dealkylation sites (tertiary alicyclic amines) is 1. The van der Waals surface area contributed by atoms with E-state index in [1.807, 2.05) is 4.90 Å². The number of hydrogen-bond donors (Lipinski definition) is 2. The molecule has 1 saturated heterocycles. The van der Waals surface area contributed by atoms with E-state index in [1.54, 1.807) is 12.1 Å². The fraction of sp³-hybridized carbons (Fsp3) is 0.600. The lowest BCUT2D eigenvalue weighted by molar-refractivity contribution is -0.114. The fourth-order valence-electron chi connectivity index (χ4n) is 3.49. The third-order valence-electron chi connectivity index (χ3n) is 5.21. The Morgan fingerprint density at radius 1 is 1.11 bits per heavy atom. The van der Waals surface area contributed by atoms with Crippen molar-refractivity contribution in [3.05, 3.63) is 17.7 Å². The van der Waals surface area contributed by atoms with E-state index in [2.05, 4.69) is 10.6 Å². The summed E-state index contributed by atoms with van der Waals surface area (Å²) in [4.78, 5) is 26.4. The number of nitrogens with one attached hydrogen (secondary N) is 2. The van der Waals surface area contributed by atoms with Crippen LogP contribution in [0.15, 0.2) is 12.1 Å². The third kappa shape index (κ3) is 5.52. The van der Waals surface area contributed by atoms with E-state index in [0.717, 1.165) is 38.4 Å². The maximum atomic E-state index is 13.0. The maximum absolute atomic E-state index is 13.0. The molecule has 2 aliphatic rings. The number of benzene rings is 1. The van der Waals surface area contributed by atoms with Gasteiger partial charge in [0.2, 0.25) is 5.91 Å². The number of halogens is 1. The second-order valence-corrected chi connectivity index (χ2v) is 7.36. The van der Waals surface area contributed by atoms with Gasteiger partial charge in [0.25, 0.3) is 5.91 Å². The second-order valence-electron chi connectivity index (χ2n) is 7.36. The molecule has 1 aliphatic heterocycles.